The lowest BCUT2D eigenvalue weighted by molar-refractivity contribution is 0.155. The number of aliphatic hydroxyl groups excluding tert-OH is 1. The molecule has 0 aliphatic rings. The maximum absolute atomic E-state index is 9.15. The lowest BCUT2D eigenvalue weighted by Crippen LogP contribution is -2.08. The van der Waals surface area contributed by atoms with E-state index in [-0.39, 0.29) is 18.2 Å². The van der Waals surface area contributed by atoms with Crippen molar-refractivity contribution in [2.45, 2.75) is 6.92 Å². The summed E-state index contributed by atoms with van der Waals surface area (Å²) in [5, 5.41) is 20.6. The molecule has 0 bridgehead atoms. The van der Waals surface area contributed by atoms with Gasteiger partial charge in [-0.15, -0.1) is 10.2 Å². The predicted molar refractivity (Wildman–Crippen MR) is 65.0 cm³/mol. The van der Waals surface area contributed by atoms with E-state index >= 15 is 0 Å². The number of hydrogen-bond acceptors (Lipinski definition) is 6. The Hall–Kier alpha value is -2.21. The second-order valence-electron chi connectivity index (χ2n) is 3.39. The molecule has 2 aromatic rings. The molecule has 0 unspecified atom stereocenters. The number of nitrogens with zero attached hydrogens (tertiary/aromatic N) is 3. The van der Waals surface area contributed by atoms with Crippen molar-refractivity contribution >= 4 is 5.71 Å². The first-order valence-corrected chi connectivity index (χ1v) is 5.54. The molecular weight excluding hydrogens is 234 g/mol. The summed E-state index contributed by atoms with van der Waals surface area (Å²) in [5.41, 5.74) is 1.02. The fraction of sp³-hybridized carbons (Fsp3) is 0.250. The van der Waals surface area contributed by atoms with E-state index in [0.29, 0.717) is 12.5 Å². The first kappa shape index (κ1) is 12.3. The van der Waals surface area contributed by atoms with Gasteiger partial charge >= 0.3 is 0 Å². The molecular formula is C12H13N3O3. The topological polar surface area (TPSA) is 80.7 Å². The number of benzene rings is 1. The molecule has 0 saturated carbocycles. The van der Waals surface area contributed by atoms with Crippen LogP contribution >= 0.6 is 0 Å². The molecule has 18 heavy (non-hydrogen) atoms. The molecule has 2 rings (SSSR count). The highest BCUT2D eigenvalue weighted by Crippen LogP contribution is 2.17. The van der Waals surface area contributed by atoms with E-state index in [2.05, 4.69) is 15.4 Å². The molecule has 1 aromatic heterocycles. The van der Waals surface area contributed by atoms with Crippen molar-refractivity contribution < 1.29 is 14.4 Å². The second kappa shape index (κ2) is 5.92. The normalized spacial score (nSPS) is 11.6. The van der Waals surface area contributed by atoms with E-state index in [1.165, 1.54) is 0 Å². The van der Waals surface area contributed by atoms with Crippen LogP contribution in [0.2, 0.25) is 0 Å². The van der Waals surface area contributed by atoms with Crippen LogP contribution in [0.5, 0.6) is 0 Å². The average molecular weight is 247 g/mol. The smallest absolute Gasteiger partial charge is 0.268 e. The standard InChI is InChI=1S/C12H13N3O3/c1-2-17-15-10(8-16)12-14-13-11(18-12)9-6-4-3-5-7-9/h3-7,16H,2,8H2,1H3. The van der Waals surface area contributed by atoms with E-state index < -0.39 is 0 Å². The van der Waals surface area contributed by atoms with Gasteiger partial charge in [-0.2, -0.15) is 0 Å². The Morgan fingerprint density at radius 1 is 1.33 bits per heavy atom. The Kier molecular flexibility index (Phi) is 4.03. The van der Waals surface area contributed by atoms with Gasteiger partial charge in [0.2, 0.25) is 5.89 Å². The number of hydrogen-bond donors (Lipinski definition) is 1. The molecule has 6 heteroatoms. The predicted octanol–water partition coefficient (Wildman–Crippen LogP) is 1.47. The number of rotatable bonds is 5. The van der Waals surface area contributed by atoms with E-state index in [0.717, 1.165) is 5.56 Å². The van der Waals surface area contributed by atoms with Crippen LogP contribution in [-0.2, 0) is 4.84 Å². The van der Waals surface area contributed by atoms with Crippen molar-refractivity contribution in [1.29, 1.82) is 0 Å². The second-order valence-corrected chi connectivity index (χ2v) is 3.39. The lowest BCUT2D eigenvalue weighted by atomic mass is 10.2. The van der Waals surface area contributed by atoms with Crippen molar-refractivity contribution in [2.75, 3.05) is 13.2 Å². The fourth-order valence-electron chi connectivity index (χ4n) is 1.32. The zero-order valence-electron chi connectivity index (χ0n) is 9.91. The quantitative estimate of drug-likeness (QED) is 0.639. The van der Waals surface area contributed by atoms with Gasteiger partial charge in [0.05, 0.1) is 6.61 Å². The maximum Gasteiger partial charge on any atom is 0.268 e. The van der Waals surface area contributed by atoms with Crippen LogP contribution in [0.1, 0.15) is 12.8 Å². The summed E-state index contributed by atoms with van der Waals surface area (Å²) < 4.78 is 5.43. The Bertz CT molecular complexity index is 522. The third-order valence-electron chi connectivity index (χ3n) is 2.15. The summed E-state index contributed by atoms with van der Waals surface area (Å²) in [6.45, 7) is 1.88. The Balaban J connectivity index is 2.25. The van der Waals surface area contributed by atoms with Crippen LogP contribution in [0.3, 0.4) is 0 Å². The first-order valence-electron chi connectivity index (χ1n) is 5.54. The summed E-state index contributed by atoms with van der Waals surface area (Å²) in [6, 6.07) is 9.36. The third kappa shape index (κ3) is 2.72. The number of oxime groups is 1. The van der Waals surface area contributed by atoms with E-state index in [1.54, 1.807) is 6.92 Å². The molecule has 0 spiro atoms. The van der Waals surface area contributed by atoms with Gasteiger partial charge in [-0.1, -0.05) is 23.4 Å². The highest BCUT2D eigenvalue weighted by Gasteiger charge is 2.13. The number of aromatic nitrogens is 2. The van der Waals surface area contributed by atoms with Crippen LogP contribution in [0.4, 0.5) is 0 Å². The van der Waals surface area contributed by atoms with E-state index in [1.807, 2.05) is 30.3 Å². The van der Waals surface area contributed by atoms with Crippen molar-refractivity contribution in [3.05, 3.63) is 36.2 Å². The molecule has 0 saturated heterocycles. The first-order chi connectivity index (χ1) is 8.85. The van der Waals surface area contributed by atoms with Crippen LogP contribution in [0.15, 0.2) is 39.9 Å². The number of aliphatic hydroxyl groups is 1. The fourth-order valence-corrected chi connectivity index (χ4v) is 1.32. The van der Waals surface area contributed by atoms with E-state index in [4.69, 9.17) is 14.4 Å². The molecule has 94 valence electrons. The van der Waals surface area contributed by atoms with Gasteiger partial charge in [-0.05, 0) is 19.1 Å². The van der Waals surface area contributed by atoms with Crippen molar-refractivity contribution in [3.63, 3.8) is 0 Å². The molecule has 0 aliphatic heterocycles. The molecule has 0 radical (unpaired) electrons. The zero-order valence-corrected chi connectivity index (χ0v) is 9.91. The van der Waals surface area contributed by atoms with Gasteiger partial charge in [-0.25, -0.2) is 0 Å². The molecule has 0 aliphatic carbocycles. The van der Waals surface area contributed by atoms with Gasteiger partial charge in [0, 0.05) is 5.56 Å². The molecule has 1 aromatic carbocycles. The average Bonchev–Trinajstić information content (AvgIpc) is 2.90. The lowest BCUT2D eigenvalue weighted by Gasteiger charge is -1.97. The van der Waals surface area contributed by atoms with Gasteiger partial charge in [0.25, 0.3) is 5.89 Å². The minimum absolute atomic E-state index is 0.157. The Morgan fingerprint density at radius 3 is 2.78 bits per heavy atom. The summed E-state index contributed by atoms with van der Waals surface area (Å²) in [7, 11) is 0. The largest absolute Gasteiger partial charge is 0.415 e. The molecule has 0 amide bonds. The monoisotopic (exact) mass is 247 g/mol. The summed E-state index contributed by atoms with van der Waals surface area (Å²) in [6.07, 6.45) is 0. The zero-order chi connectivity index (χ0) is 12.8. The summed E-state index contributed by atoms with van der Waals surface area (Å²) in [5.74, 6) is 0.535. The van der Waals surface area contributed by atoms with E-state index in [9.17, 15) is 0 Å². The van der Waals surface area contributed by atoms with Crippen LogP contribution in [0.25, 0.3) is 11.5 Å². The summed E-state index contributed by atoms with van der Waals surface area (Å²) in [4.78, 5) is 4.86. The Morgan fingerprint density at radius 2 is 2.11 bits per heavy atom. The molecule has 1 N–H and O–H groups in total. The highest BCUT2D eigenvalue weighted by atomic mass is 16.6. The highest BCUT2D eigenvalue weighted by molar-refractivity contribution is 5.97. The van der Waals surface area contributed by atoms with Gasteiger partial charge < -0.3 is 14.4 Å². The summed E-state index contributed by atoms with van der Waals surface area (Å²) >= 11 is 0. The van der Waals surface area contributed by atoms with Crippen molar-refractivity contribution in [2.24, 2.45) is 5.16 Å². The Labute approximate surface area is 104 Å². The minimum Gasteiger partial charge on any atom is -0.415 e. The van der Waals surface area contributed by atoms with Crippen LogP contribution in [-0.4, -0.2) is 34.2 Å². The third-order valence-corrected chi connectivity index (χ3v) is 2.15. The molecule has 6 nitrogen and oxygen atoms in total. The molecule has 1 heterocycles. The SMILES string of the molecule is CCON=C(CO)c1nnc(-c2ccccc2)o1. The van der Waals surface area contributed by atoms with Gasteiger partial charge in [0.1, 0.15) is 6.61 Å². The van der Waals surface area contributed by atoms with Crippen LogP contribution < -0.4 is 0 Å². The van der Waals surface area contributed by atoms with Gasteiger partial charge in [0.15, 0.2) is 5.71 Å². The minimum atomic E-state index is -0.323. The maximum atomic E-state index is 9.15. The van der Waals surface area contributed by atoms with Crippen LogP contribution in [0, 0.1) is 0 Å². The molecule has 0 atom stereocenters. The van der Waals surface area contributed by atoms with Crippen molar-refractivity contribution in [1.82, 2.24) is 10.2 Å². The van der Waals surface area contributed by atoms with Crippen molar-refractivity contribution in [3.8, 4) is 11.5 Å². The van der Waals surface area contributed by atoms with Gasteiger partial charge in [-0.3, -0.25) is 0 Å². The molecule has 0 fully saturated rings.